The van der Waals surface area contributed by atoms with Gasteiger partial charge in [-0.15, -0.1) is 21.5 Å². The lowest BCUT2D eigenvalue weighted by Gasteiger charge is -1.97. The SMILES string of the molecule is Cc1ccc(-c2nnn(Cc3csc(-c4ccc(F)cc4)n3)n2)cc1. The Morgan fingerprint density at radius 2 is 1.72 bits per heavy atom. The molecule has 0 saturated carbocycles. The van der Waals surface area contributed by atoms with Gasteiger partial charge in [0.05, 0.1) is 5.69 Å². The average Bonchev–Trinajstić information content (AvgIpc) is 3.27. The molecule has 0 aliphatic heterocycles. The highest BCUT2D eigenvalue weighted by Crippen LogP contribution is 2.24. The maximum absolute atomic E-state index is 13.0. The fraction of sp³-hybridized carbons (Fsp3) is 0.111. The summed E-state index contributed by atoms with van der Waals surface area (Å²) in [7, 11) is 0. The molecular formula is C18H14FN5S. The summed E-state index contributed by atoms with van der Waals surface area (Å²) in [6.45, 7) is 2.48. The molecule has 2 aromatic heterocycles. The third-order valence-corrected chi connectivity index (χ3v) is 4.65. The molecule has 0 amide bonds. The molecular weight excluding hydrogens is 337 g/mol. The normalized spacial score (nSPS) is 11.0. The molecule has 0 bridgehead atoms. The average molecular weight is 351 g/mol. The summed E-state index contributed by atoms with van der Waals surface area (Å²) in [5.41, 5.74) is 3.86. The van der Waals surface area contributed by atoms with Gasteiger partial charge in [0.1, 0.15) is 17.4 Å². The standard InChI is InChI=1S/C18H14FN5S/c1-12-2-4-13(5-3-12)17-21-23-24(22-17)10-16-11-25-18(20-16)14-6-8-15(19)9-7-14/h2-9,11H,10H2,1H3. The van der Waals surface area contributed by atoms with E-state index in [4.69, 9.17) is 0 Å². The van der Waals surface area contributed by atoms with Crippen LogP contribution in [0.3, 0.4) is 0 Å². The fourth-order valence-corrected chi connectivity index (χ4v) is 3.19. The van der Waals surface area contributed by atoms with Gasteiger partial charge in [-0.25, -0.2) is 9.37 Å². The summed E-state index contributed by atoms with van der Waals surface area (Å²) >= 11 is 1.51. The van der Waals surface area contributed by atoms with Crippen molar-refractivity contribution in [2.45, 2.75) is 13.5 Å². The maximum Gasteiger partial charge on any atom is 0.204 e. The number of tetrazole rings is 1. The molecule has 7 heteroatoms. The van der Waals surface area contributed by atoms with Crippen molar-refractivity contribution in [3.63, 3.8) is 0 Å². The van der Waals surface area contributed by atoms with Gasteiger partial charge < -0.3 is 0 Å². The zero-order valence-electron chi connectivity index (χ0n) is 13.4. The van der Waals surface area contributed by atoms with Crippen LogP contribution in [0.25, 0.3) is 22.0 Å². The molecule has 2 aromatic carbocycles. The van der Waals surface area contributed by atoms with Crippen molar-refractivity contribution in [3.05, 3.63) is 71.0 Å². The molecule has 25 heavy (non-hydrogen) atoms. The fourth-order valence-electron chi connectivity index (χ4n) is 2.38. The molecule has 4 rings (SSSR count). The summed E-state index contributed by atoms with van der Waals surface area (Å²) < 4.78 is 13.0. The van der Waals surface area contributed by atoms with Crippen molar-refractivity contribution in [1.82, 2.24) is 25.2 Å². The van der Waals surface area contributed by atoms with E-state index in [0.717, 1.165) is 21.8 Å². The lowest BCUT2D eigenvalue weighted by molar-refractivity contribution is 0.566. The van der Waals surface area contributed by atoms with Crippen LogP contribution >= 0.6 is 11.3 Å². The number of halogens is 1. The van der Waals surface area contributed by atoms with Crippen LogP contribution in [0.2, 0.25) is 0 Å². The van der Waals surface area contributed by atoms with E-state index in [9.17, 15) is 4.39 Å². The van der Waals surface area contributed by atoms with Gasteiger partial charge in [-0.1, -0.05) is 29.8 Å². The van der Waals surface area contributed by atoms with Crippen molar-refractivity contribution in [1.29, 1.82) is 0 Å². The second-order valence-electron chi connectivity index (χ2n) is 5.66. The van der Waals surface area contributed by atoms with Crippen LogP contribution in [0.1, 0.15) is 11.3 Å². The summed E-state index contributed by atoms with van der Waals surface area (Å²) in [4.78, 5) is 6.09. The molecule has 0 aliphatic rings. The zero-order valence-corrected chi connectivity index (χ0v) is 14.2. The third-order valence-electron chi connectivity index (χ3n) is 3.71. The van der Waals surface area contributed by atoms with Crippen LogP contribution < -0.4 is 0 Å². The van der Waals surface area contributed by atoms with Gasteiger partial charge in [0.2, 0.25) is 5.82 Å². The molecule has 0 N–H and O–H groups in total. The quantitative estimate of drug-likeness (QED) is 0.558. The second-order valence-corrected chi connectivity index (χ2v) is 6.52. The van der Waals surface area contributed by atoms with Crippen LogP contribution in [-0.4, -0.2) is 25.2 Å². The van der Waals surface area contributed by atoms with Crippen LogP contribution in [0.5, 0.6) is 0 Å². The van der Waals surface area contributed by atoms with Gasteiger partial charge in [-0.3, -0.25) is 0 Å². The summed E-state index contributed by atoms with van der Waals surface area (Å²) in [6.07, 6.45) is 0. The number of aryl methyl sites for hydroxylation is 1. The second kappa shape index (κ2) is 6.52. The Bertz CT molecular complexity index is 907. The number of hydrogen-bond acceptors (Lipinski definition) is 5. The Labute approximate surface area is 147 Å². The van der Waals surface area contributed by atoms with E-state index < -0.39 is 0 Å². The number of benzene rings is 2. The highest BCUT2D eigenvalue weighted by Gasteiger charge is 2.09. The van der Waals surface area contributed by atoms with Crippen LogP contribution in [0, 0.1) is 12.7 Å². The molecule has 0 aliphatic carbocycles. The van der Waals surface area contributed by atoms with Gasteiger partial charge in [0.25, 0.3) is 0 Å². The van der Waals surface area contributed by atoms with Gasteiger partial charge >= 0.3 is 0 Å². The summed E-state index contributed by atoms with van der Waals surface area (Å²) in [5.74, 6) is 0.338. The monoisotopic (exact) mass is 351 g/mol. The van der Waals surface area contributed by atoms with E-state index >= 15 is 0 Å². The van der Waals surface area contributed by atoms with Crippen molar-refractivity contribution in [2.75, 3.05) is 0 Å². The Hall–Kier alpha value is -2.93. The Balaban J connectivity index is 1.51. The molecule has 0 atom stereocenters. The van der Waals surface area contributed by atoms with Crippen molar-refractivity contribution < 1.29 is 4.39 Å². The Morgan fingerprint density at radius 1 is 1.00 bits per heavy atom. The summed E-state index contributed by atoms with van der Waals surface area (Å²) in [5, 5.41) is 15.4. The third kappa shape index (κ3) is 3.46. The molecule has 2 heterocycles. The molecule has 0 spiro atoms. The number of nitrogens with zero attached hydrogens (tertiary/aromatic N) is 5. The number of aromatic nitrogens is 5. The minimum atomic E-state index is -0.254. The molecule has 124 valence electrons. The van der Waals surface area contributed by atoms with Crippen molar-refractivity contribution in [3.8, 4) is 22.0 Å². The van der Waals surface area contributed by atoms with E-state index in [1.54, 1.807) is 12.1 Å². The highest BCUT2D eigenvalue weighted by atomic mass is 32.1. The first-order chi connectivity index (χ1) is 12.2. The molecule has 0 unspecified atom stereocenters. The number of hydrogen-bond donors (Lipinski definition) is 0. The minimum Gasteiger partial charge on any atom is -0.239 e. The van der Waals surface area contributed by atoms with Crippen LogP contribution in [0.4, 0.5) is 4.39 Å². The topological polar surface area (TPSA) is 56.5 Å². The Morgan fingerprint density at radius 3 is 2.48 bits per heavy atom. The summed E-state index contributed by atoms with van der Waals surface area (Å²) in [6, 6.07) is 14.3. The zero-order chi connectivity index (χ0) is 17.2. The number of thiazole rings is 1. The minimum absolute atomic E-state index is 0.254. The van der Waals surface area contributed by atoms with Gasteiger partial charge in [0, 0.05) is 16.5 Å². The maximum atomic E-state index is 13.0. The van der Waals surface area contributed by atoms with E-state index in [2.05, 4.69) is 20.4 Å². The van der Waals surface area contributed by atoms with E-state index in [1.165, 1.54) is 33.8 Å². The molecule has 4 aromatic rings. The van der Waals surface area contributed by atoms with Gasteiger partial charge in [-0.05, 0) is 36.4 Å². The first kappa shape index (κ1) is 15.6. The predicted octanol–water partition coefficient (Wildman–Crippen LogP) is 3.96. The first-order valence-corrected chi connectivity index (χ1v) is 8.60. The van der Waals surface area contributed by atoms with Gasteiger partial charge in [-0.2, -0.15) is 4.80 Å². The molecule has 0 radical (unpaired) electrons. The predicted molar refractivity (Wildman–Crippen MR) is 94.6 cm³/mol. The van der Waals surface area contributed by atoms with Crippen molar-refractivity contribution in [2.24, 2.45) is 0 Å². The van der Waals surface area contributed by atoms with Crippen molar-refractivity contribution >= 4 is 11.3 Å². The van der Waals surface area contributed by atoms with Crippen LogP contribution in [0.15, 0.2) is 53.9 Å². The smallest absolute Gasteiger partial charge is 0.204 e. The lowest BCUT2D eigenvalue weighted by Crippen LogP contribution is -2.04. The van der Waals surface area contributed by atoms with Gasteiger partial charge in [0.15, 0.2) is 0 Å². The van der Waals surface area contributed by atoms with E-state index in [-0.39, 0.29) is 5.82 Å². The van der Waals surface area contributed by atoms with E-state index in [0.29, 0.717) is 12.4 Å². The molecule has 0 saturated heterocycles. The molecule has 5 nitrogen and oxygen atoms in total. The van der Waals surface area contributed by atoms with E-state index in [1.807, 2.05) is 36.6 Å². The van der Waals surface area contributed by atoms with Crippen LogP contribution in [-0.2, 0) is 6.54 Å². The first-order valence-electron chi connectivity index (χ1n) is 7.72. The number of rotatable bonds is 4. The lowest BCUT2D eigenvalue weighted by atomic mass is 10.1. The Kier molecular flexibility index (Phi) is 4.07. The highest BCUT2D eigenvalue weighted by molar-refractivity contribution is 7.13. The largest absolute Gasteiger partial charge is 0.239 e. The molecule has 0 fully saturated rings.